The minimum absolute atomic E-state index is 0.241. The van der Waals surface area contributed by atoms with E-state index in [1.54, 1.807) is 6.92 Å². The Balaban J connectivity index is 1.83. The van der Waals surface area contributed by atoms with Crippen LogP contribution in [0.15, 0.2) is 0 Å². The third kappa shape index (κ3) is 2.74. The molecule has 4 heteroatoms. The van der Waals surface area contributed by atoms with Gasteiger partial charge in [0.05, 0.1) is 5.92 Å². The zero-order valence-electron chi connectivity index (χ0n) is 10.1. The molecule has 0 aliphatic carbocycles. The monoisotopic (exact) mass is 226 g/mol. The first-order chi connectivity index (χ1) is 7.66. The number of piperidine rings is 1. The van der Waals surface area contributed by atoms with Gasteiger partial charge in [0.2, 0.25) is 0 Å². The van der Waals surface area contributed by atoms with Gasteiger partial charge in [-0.05, 0) is 19.4 Å². The highest BCUT2D eigenvalue weighted by Crippen LogP contribution is 2.21. The number of hydrogen-bond donors (Lipinski definition) is 1. The van der Waals surface area contributed by atoms with E-state index in [1.165, 1.54) is 25.8 Å². The Morgan fingerprint density at radius 1 is 1.38 bits per heavy atom. The molecule has 0 aromatic carbocycles. The van der Waals surface area contributed by atoms with Crippen molar-refractivity contribution in [3.8, 4) is 0 Å². The number of fused-ring (bicyclic) bond motifs is 1. The van der Waals surface area contributed by atoms with E-state index in [4.69, 9.17) is 5.11 Å². The number of piperazine rings is 1. The van der Waals surface area contributed by atoms with Gasteiger partial charge in [-0.3, -0.25) is 14.6 Å². The second kappa shape index (κ2) is 5.15. The first-order valence-electron chi connectivity index (χ1n) is 6.36. The van der Waals surface area contributed by atoms with Gasteiger partial charge in [-0.15, -0.1) is 0 Å². The molecule has 0 spiro atoms. The normalized spacial score (nSPS) is 29.7. The first-order valence-corrected chi connectivity index (χ1v) is 6.36. The molecule has 2 aliphatic rings. The molecule has 2 rings (SSSR count). The third-order valence-electron chi connectivity index (χ3n) is 3.88. The van der Waals surface area contributed by atoms with E-state index >= 15 is 0 Å². The summed E-state index contributed by atoms with van der Waals surface area (Å²) in [5, 5.41) is 8.91. The van der Waals surface area contributed by atoms with Crippen molar-refractivity contribution in [3.63, 3.8) is 0 Å². The quantitative estimate of drug-likeness (QED) is 0.776. The predicted molar refractivity (Wildman–Crippen MR) is 62.5 cm³/mol. The van der Waals surface area contributed by atoms with Crippen LogP contribution in [0, 0.1) is 5.92 Å². The second-order valence-corrected chi connectivity index (χ2v) is 5.18. The molecule has 2 fully saturated rings. The van der Waals surface area contributed by atoms with Crippen LogP contribution >= 0.6 is 0 Å². The molecule has 4 nitrogen and oxygen atoms in total. The second-order valence-electron chi connectivity index (χ2n) is 5.18. The van der Waals surface area contributed by atoms with Gasteiger partial charge in [-0.25, -0.2) is 0 Å². The molecule has 0 saturated carbocycles. The Hall–Kier alpha value is -0.610. The van der Waals surface area contributed by atoms with Crippen LogP contribution in [0.1, 0.15) is 26.2 Å². The van der Waals surface area contributed by atoms with Gasteiger partial charge in [-0.1, -0.05) is 13.3 Å². The molecule has 2 atom stereocenters. The SMILES string of the molecule is CC(CN1CCN2CCCCC2C1)C(=O)O. The molecular weight excluding hydrogens is 204 g/mol. The Morgan fingerprint density at radius 3 is 2.94 bits per heavy atom. The van der Waals surface area contributed by atoms with E-state index in [1.807, 2.05) is 0 Å². The molecular formula is C12H22N2O2. The Labute approximate surface area is 97.2 Å². The minimum Gasteiger partial charge on any atom is -0.481 e. The number of aliphatic carboxylic acids is 1. The van der Waals surface area contributed by atoms with Crippen LogP contribution in [0.25, 0.3) is 0 Å². The Bertz CT molecular complexity index is 257. The fraction of sp³-hybridized carbons (Fsp3) is 0.917. The fourth-order valence-corrected chi connectivity index (χ4v) is 2.85. The van der Waals surface area contributed by atoms with Gasteiger partial charge < -0.3 is 5.11 Å². The molecule has 2 aliphatic heterocycles. The van der Waals surface area contributed by atoms with Crippen molar-refractivity contribution in [1.82, 2.24) is 9.80 Å². The first kappa shape index (κ1) is 11.9. The molecule has 2 heterocycles. The Morgan fingerprint density at radius 2 is 2.19 bits per heavy atom. The lowest BCUT2D eigenvalue weighted by Crippen LogP contribution is -2.55. The average molecular weight is 226 g/mol. The predicted octanol–water partition coefficient (Wildman–Crippen LogP) is 0.877. The number of carboxylic acids is 1. The maximum atomic E-state index is 10.8. The zero-order valence-corrected chi connectivity index (χ0v) is 10.1. The van der Waals surface area contributed by atoms with Crippen LogP contribution in [0.3, 0.4) is 0 Å². The highest BCUT2D eigenvalue weighted by molar-refractivity contribution is 5.69. The van der Waals surface area contributed by atoms with E-state index in [-0.39, 0.29) is 5.92 Å². The van der Waals surface area contributed by atoms with Crippen molar-refractivity contribution in [3.05, 3.63) is 0 Å². The van der Waals surface area contributed by atoms with Crippen LogP contribution in [0.2, 0.25) is 0 Å². The largest absolute Gasteiger partial charge is 0.481 e. The van der Waals surface area contributed by atoms with Gasteiger partial charge in [0.25, 0.3) is 0 Å². The number of carbonyl (C=O) groups is 1. The van der Waals surface area contributed by atoms with Crippen molar-refractivity contribution in [2.24, 2.45) is 5.92 Å². The topological polar surface area (TPSA) is 43.8 Å². The third-order valence-corrected chi connectivity index (χ3v) is 3.88. The van der Waals surface area contributed by atoms with Gasteiger partial charge in [0.1, 0.15) is 0 Å². The molecule has 0 amide bonds. The summed E-state index contributed by atoms with van der Waals surface area (Å²) >= 11 is 0. The van der Waals surface area contributed by atoms with Crippen LogP contribution in [-0.4, -0.2) is 59.6 Å². The van der Waals surface area contributed by atoms with Gasteiger partial charge >= 0.3 is 5.97 Å². The van der Waals surface area contributed by atoms with E-state index in [0.29, 0.717) is 12.6 Å². The Kier molecular flexibility index (Phi) is 3.82. The summed E-state index contributed by atoms with van der Waals surface area (Å²) in [6.45, 7) is 6.98. The lowest BCUT2D eigenvalue weighted by Gasteiger charge is -2.44. The van der Waals surface area contributed by atoms with Gasteiger partial charge in [-0.2, -0.15) is 0 Å². The molecule has 92 valence electrons. The van der Waals surface area contributed by atoms with E-state index < -0.39 is 5.97 Å². The summed E-state index contributed by atoms with van der Waals surface area (Å²) in [6.07, 6.45) is 3.96. The van der Waals surface area contributed by atoms with Crippen LogP contribution < -0.4 is 0 Å². The van der Waals surface area contributed by atoms with Gasteiger partial charge in [0, 0.05) is 32.2 Å². The number of hydrogen-bond acceptors (Lipinski definition) is 3. The summed E-state index contributed by atoms with van der Waals surface area (Å²) in [5.41, 5.74) is 0. The van der Waals surface area contributed by atoms with E-state index in [0.717, 1.165) is 19.6 Å². The fourth-order valence-electron chi connectivity index (χ4n) is 2.85. The summed E-state index contributed by atoms with van der Waals surface area (Å²) in [6, 6.07) is 0.684. The summed E-state index contributed by atoms with van der Waals surface area (Å²) in [7, 11) is 0. The van der Waals surface area contributed by atoms with Crippen molar-refractivity contribution in [1.29, 1.82) is 0 Å². The molecule has 0 bridgehead atoms. The molecule has 2 unspecified atom stereocenters. The number of rotatable bonds is 3. The summed E-state index contributed by atoms with van der Waals surface area (Å²) in [5.74, 6) is -0.916. The minimum atomic E-state index is -0.675. The molecule has 1 N–H and O–H groups in total. The van der Waals surface area contributed by atoms with Crippen LogP contribution in [0.5, 0.6) is 0 Å². The van der Waals surface area contributed by atoms with E-state index in [2.05, 4.69) is 9.80 Å². The maximum absolute atomic E-state index is 10.8. The van der Waals surface area contributed by atoms with Gasteiger partial charge in [0.15, 0.2) is 0 Å². The van der Waals surface area contributed by atoms with Crippen LogP contribution in [-0.2, 0) is 4.79 Å². The molecule has 2 saturated heterocycles. The molecule has 0 aromatic rings. The van der Waals surface area contributed by atoms with Crippen molar-refractivity contribution < 1.29 is 9.90 Å². The molecule has 0 radical (unpaired) electrons. The highest BCUT2D eigenvalue weighted by atomic mass is 16.4. The van der Waals surface area contributed by atoms with E-state index in [9.17, 15) is 4.79 Å². The maximum Gasteiger partial charge on any atom is 0.307 e. The average Bonchev–Trinajstić information content (AvgIpc) is 2.28. The van der Waals surface area contributed by atoms with Crippen LogP contribution in [0.4, 0.5) is 0 Å². The van der Waals surface area contributed by atoms with Crippen molar-refractivity contribution in [2.75, 3.05) is 32.7 Å². The zero-order chi connectivity index (χ0) is 11.5. The molecule has 16 heavy (non-hydrogen) atoms. The van der Waals surface area contributed by atoms with Crippen molar-refractivity contribution in [2.45, 2.75) is 32.2 Å². The molecule has 0 aromatic heterocycles. The highest BCUT2D eigenvalue weighted by Gasteiger charge is 2.29. The summed E-state index contributed by atoms with van der Waals surface area (Å²) in [4.78, 5) is 15.7. The standard InChI is InChI=1S/C12H22N2O2/c1-10(12(15)16)8-13-6-7-14-5-3-2-4-11(14)9-13/h10-11H,2-9H2,1H3,(H,15,16). The van der Waals surface area contributed by atoms with Crippen molar-refractivity contribution >= 4 is 5.97 Å². The lowest BCUT2D eigenvalue weighted by atomic mass is 9.99. The number of carboxylic acid groups (broad SMARTS) is 1. The number of nitrogens with zero attached hydrogens (tertiary/aromatic N) is 2. The lowest BCUT2D eigenvalue weighted by molar-refractivity contribution is -0.142. The summed E-state index contributed by atoms with van der Waals surface area (Å²) < 4.78 is 0. The smallest absolute Gasteiger partial charge is 0.307 e.